The summed E-state index contributed by atoms with van der Waals surface area (Å²) in [5, 5.41) is 26.6. The van der Waals surface area contributed by atoms with E-state index in [0.29, 0.717) is 5.56 Å². The number of hydrogen-bond donors (Lipinski definition) is 3. The van der Waals surface area contributed by atoms with Gasteiger partial charge in [0, 0.05) is 6.32 Å². The molecule has 0 aliphatic heterocycles. The van der Waals surface area contributed by atoms with Gasteiger partial charge in [-0.25, -0.2) is 0 Å². The van der Waals surface area contributed by atoms with Crippen molar-refractivity contribution in [1.82, 2.24) is 0 Å². The van der Waals surface area contributed by atoms with Crippen LogP contribution in [0.1, 0.15) is 11.1 Å². The zero-order valence-electron chi connectivity index (χ0n) is 6.86. The second-order valence-electron chi connectivity index (χ2n) is 2.82. The quantitative estimate of drug-likeness (QED) is 0.552. The van der Waals surface area contributed by atoms with Gasteiger partial charge in [-0.05, 0) is 24.1 Å². The molecule has 0 amide bonds. The summed E-state index contributed by atoms with van der Waals surface area (Å²) in [4.78, 5) is 0. The van der Waals surface area contributed by atoms with Crippen molar-refractivity contribution in [3.8, 4) is 5.75 Å². The van der Waals surface area contributed by atoms with Crippen molar-refractivity contribution >= 4 is 7.12 Å². The minimum atomic E-state index is -1.40. The first kappa shape index (κ1) is 9.10. The molecule has 0 unspecified atom stereocenters. The first-order valence-corrected chi connectivity index (χ1v) is 3.74. The molecule has 0 aliphatic rings. The Hall–Kier alpha value is -0.995. The first-order chi connectivity index (χ1) is 5.59. The third kappa shape index (κ3) is 2.25. The van der Waals surface area contributed by atoms with Crippen LogP contribution in [0.5, 0.6) is 5.75 Å². The molecule has 1 aromatic carbocycles. The van der Waals surface area contributed by atoms with E-state index in [2.05, 4.69) is 0 Å². The Morgan fingerprint density at radius 2 is 2.00 bits per heavy atom. The molecule has 3 N–H and O–H groups in total. The maximum atomic E-state index is 9.32. The van der Waals surface area contributed by atoms with Crippen molar-refractivity contribution in [2.45, 2.75) is 13.2 Å². The smallest absolute Gasteiger partial charge is 0.456 e. The minimum Gasteiger partial charge on any atom is -0.508 e. The Morgan fingerprint density at radius 3 is 2.50 bits per heavy atom. The fourth-order valence-electron chi connectivity index (χ4n) is 1.04. The van der Waals surface area contributed by atoms with E-state index in [4.69, 9.17) is 10.0 Å². The van der Waals surface area contributed by atoms with Crippen LogP contribution in [0.25, 0.3) is 0 Å². The van der Waals surface area contributed by atoms with Gasteiger partial charge in [0.05, 0.1) is 0 Å². The lowest BCUT2D eigenvalue weighted by atomic mass is 9.81. The van der Waals surface area contributed by atoms with Gasteiger partial charge in [0.1, 0.15) is 5.75 Å². The summed E-state index contributed by atoms with van der Waals surface area (Å²) < 4.78 is 0. The SMILES string of the molecule is Cc1ccc(CB(O)O)c(O)c1. The lowest BCUT2D eigenvalue weighted by molar-refractivity contribution is 0.402. The summed E-state index contributed by atoms with van der Waals surface area (Å²) in [5.74, 6) is 0.114. The maximum Gasteiger partial charge on any atom is 0.456 e. The molecule has 4 heteroatoms. The molecule has 0 bridgehead atoms. The van der Waals surface area contributed by atoms with Crippen LogP contribution in [0.15, 0.2) is 18.2 Å². The van der Waals surface area contributed by atoms with Gasteiger partial charge in [-0.15, -0.1) is 0 Å². The van der Waals surface area contributed by atoms with Crippen LogP contribution in [0.2, 0.25) is 0 Å². The van der Waals surface area contributed by atoms with Gasteiger partial charge in [-0.3, -0.25) is 0 Å². The number of benzene rings is 1. The van der Waals surface area contributed by atoms with Crippen molar-refractivity contribution in [1.29, 1.82) is 0 Å². The highest BCUT2D eigenvalue weighted by atomic mass is 16.4. The van der Waals surface area contributed by atoms with Crippen molar-refractivity contribution in [3.63, 3.8) is 0 Å². The molecule has 1 rings (SSSR count). The normalized spacial score (nSPS) is 9.92. The number of phenolic OH excluding ortho intramolecular Hbond substituents is 1. The van der Waals surface area contributed by atoms with Crippen molar-refractivity contribution < 1.29 is 15.2 Å². The molecular weight excluding hydrogens is 155 g/mol. The summed E-state index contributed by atoms with van der Waals surface area (Å²) in [6.45, 7) is 1.86. The van der Waals surface area contributed by atoms with Gasteiger partial charge >= 0.3 is 7.12 Å². The van der Waals surface area contributed by atoms with E-state index in [1.54, 1.807) is 12.1 Å². The average Bonchev–Trinajstić information content (AvgIpc) is 1.94. The molecule has 0 fully saturated rings. The van der Waals surface area contributed by atoms with Gasteiger partial charge in [0.15, 0.2) is 0 Å². The van der Waals surface area contributed by atoms with Gasteiger partial charge in [-0.2, -0.15) is 0 Å². The zero-order valence-corrected chi connectivity index (χ0v) is 6.86. The number of rotatable bonds is 2. The number of aromatic hydroxyl groups is 1. The Kier molecular flexibility index (Phi) is 2.73. The van der Waals surface area contributed by atoms with Crippen LogP contribution in [-0.4, -0.2) is 22.3 Å². The Balaban J connectivity index is 2.86. The Morgan fingerprint density at radius 1 is 1.33 bits per heavy atom. The van der Waals surface area contributed by atoms with E-state index < -0.39 is 7.12 Å². The molecule has 1 aromatic rings. The van der Waals surface area contributed by atoms with E-state index in [-0.39, 0.29) is 12.1 Å². The van der Waals surface area contributed by atoms with Crippen LogP contribution >= 0.6 is 0 Å². The zero-order chi connectivity index (χ0) is 9.14. The van der Waals surface area contributed by atoms with Gasteiger partial charge < -0.3 is 15.2 Å². The molecule has 3 nitrogen and oxygen atoms in total. The standard InChI is InChI=1S/C8H11BO3/c1-6-2-3-7(5-9(11)12)8(10)4-6/h2-4,10-12H,5H2,1H3. The highest BCUT2D eigenvalue weighted by molar-refractivity contribution is 6.40. The van der Waals surface area contributed by atoms with Crippen LogP contribution in [0.3, 0.4) is 0 Å². The second-order valence-corrected chi connectivity index (χ2v) is 2.82. The summed E-state index contributed by atoms with van der Waals surface area (Å²) in [6, 6.07) is 5.10. The summed E-state index contributed by atoms with van der Waals surface area (Å²) in [5.41, 5.74) is 1.50. The van der Waals surface area contributed by atoms with Crippen molar-refractivity contribution in [2.75, 3.05) is 0 Å². The highest BCUT2D eigenvalue weighted by Crippen LogP contribution is 2.18. The average molecular weight is 166 g/mol. The molecular formula is C8H11BO3. The number of aryl methyl sites for hydroxylation is 1. The third-order valence-corrected chi connectivity index (χ3v) is 1.64. The number of phenols is 1. The Bertz CT molecular complexity index is 273. The molecule has 64 valence electrons. The van der Waals surface area contributed by atoms with E-state index in [1.165, 1.54) is 0 Å². The first-order valence-electron chi connectivity index (χ1n) is 3.74. The fourth-order valence-corrected chi connectivity index (χ4v) is 1.04. The Labute approximate surface area is 71.4 Å². The summed E-state index contributed by atoms with van der Waals surface area (Å²) in [7, 11) is -1.40. The molecule has 0 aromatic heterocycles. The highest BCUT2D eigenvalue weighted by Gasteiger charge is 2.10. The summed E-state index contributed by atoms with van der Waals surface area (Å²) in [6.07, 6.45) is 0.0616. The molecule has 0 saturated carbocycles. The van der Waals surface area contributed by atoms with Gasteiger partial charge in [-0.1, -0.05) is 12.1 Å². The molecule has 0 aliphatic carbocycles. The number of hydrogen-bond acceptors (Lipinski definition) is 3. The predicted molar refractivity (Wildman–Crippen MR) is 46.7 cm³/mol. The van der Waals surface area contributed by atoms with Crippen LogP contribution in [0, 0.1) is 6.92 Å². The summed E-state index contributed by atoms with van der Waals surface area (Å²) >= 11 is 0. The van der Waals surface area contributed by atoms with E-state index in [9.17, 15) is 5.11 Å². The monoisotopic (exact) mass is 166 g/mol. The van der Waals surface area contributed by atoms with E-state index in [0.717, 1.165) is 5.56 Å². The third-order valence-electron chi connectivity index (χ3n) is 1.64. The lowest BCUT2D eigenvalue weighted by Gasteiger charge is -2.03. The molecule has 0 atom stereocenters. The maximum absolute atomic E-state index is 9.32. The fraction of sp³-hybridized carbons (Fsp3) is 0.250. The largest absolute Gasteiger partial charge is 0.508 e. The molecule has 12 heavy (non-hydrogen) atoms. The van der Waals surface area contributed by atoms with Gasteiger partial charge in [0.2, 0.25) is 0 Å². The van der Waals surface area contributed by atoms with Crippen LogP contribution < -0.4 is 0 Å². The van der Waals surface area contributed by atoms with E-state index >= 15 is 0 Å². The van der Waals surface area contributed by atoms with Crippen LogP contribution in [0.4, 0.5) is 0 Å². The lowest BCUT2D eigenvalue weighted by Crippen LogP contribution is -2.15. The van der Waals surface area contributed by atoms with E-state index in [1.807, 2.05) is 13.0 Å². The van der Waals surface area contributed by atoms with Crippen molar-refractivity contribution in [2.24, 2.45) is 0 Å². The topological polar surface area (TPSA) is 60.7 Å². The molecule has 0 heterocycles. The second kappa shape index (κ2) is 3.60. The van der Waals surface area contributed by atoms with Crippen molar-refractivity contribution in [3.05, 3.63) is 29.3 Å². The molecule has 0 spiro atoms. The minimum absolute atomic E-state index is 0.0616. The van der Waals surface area contributed by atoms with Crippen LogP contribution in [-0.2, 0) is 6.32 Å². The predicted octanol–water partition coefficient (Wildman–Crippen LogP) is 0.255. The molecule has 0 radical (unpaired) electrons. The van der Waals surface area contributed by atoms with Gasteiger partial charge in [0.25, 0.3) is 0 Å². The molecule has 0 saturated heterocycles.